The highest BCUT2D eigenvalue weighted by Gasteiger charge is 2.42. The topological polar surface area (TPSA) is 61.8 Å². The number of nitrogens with zero attached hydrogens (tertiary/aromatic N) is 1. The van der Waals surface area contributed by atoms with E-state index >= 15 is 0 Å². The summed E-state index contributed by atoms with van der Waals surface area (Å²) in [6.45, 7) is 6.04. The molecule has 2 aliphatic carbocycles. The minimum Gasteiger partial charge on any atom is -0.492 e. The molecule has 1 aliphatic heterocycles. The fourth-order valence-electron chi connectivity index (χ4n) is 5.03. The number of piperazine rings is 1. The number of aryl methyl sites for hydroxylation is 1. The maximum Gasteiger partial charge on any atom is 0.306 e. The largest absolute Gasteiger partial charge is 0.492 e. The number of hydrogen-bond acceptors (Lipinski definition) is 4. The van der Waals surface area contributed by atoms with Crippen LogP contribution in [-0.4, -0.2) is 55.3 Å². The van der Waals surface area contributed by atoms with E-state index in [1.807, 2.05) is 0 Å². The number of hydrogen-bond donors (Lipinski definition) is 2. The molecule has 0 atom stereocenters. The standard InChI is InChI=1S/C21H30N2O3/c24-20(25)17-4-7-21(8-5-17)6-3-16-1-2-18(15-19(16)21)26-14-13-23-11-9-22-10-12-23/h1-2,15,17,22H,3-14H2,(H,24,25). The van der Waals surface area contributed by atoms with Crippen LogP contribution in [0.4, 0.5) is 0 Å². The van der Waals surface area contributed by atoms with Crippen LogP contribution in [0.2, 0.25) is 0 Å². The Morgan fingerprint density at radius 3 is 2.73 bits per heavy atom. The highest BCUT2D eigenvalue weighted by Crippen LogP contribution is 2.50. The van der Waals surface area contributed by atoms with Gasteiger partial charge in [-0.3, -0.25) is 9.69 Å². The summed E-state index contributed by atoms with van der Waals surface area (Å²) < 4.78 is 6.07. The van der Waals surface area contributed by atoms with Crippen LogP contribution in [0.3, 0.4) is 0 Å². The molecule has 1 aromatic rings. The molecule has 3 aliphatic rings. The van der Waals surface area contributed by atoms with Crippen molar-refractivity contribution >= 4 is 5.97 Å². The van der Waals surface area contributed by atoms with E-state index in [4.69, 9.17) is 4.74 Å². The van der Waals surface area contributed by atoms with Crippen molar-refractivity contribution < 1.29 is 14.6 Å². The van der Waals surface area contributed by atoms with Crippen LogP contribution in [-0.2, 0) is 16.6 Å². The van der Waals surface area contributed by atoms with E-state index < -0.39 is 5.97 Å². The summed E-state index contributed by atoms with van der Waals surface area (Å²) in [7, 11) is 0. The van der Waals surface area contributed by atoms with Crippen molar-refractivity contribution in [3.05, 3.63) is 29.3 Å². The molecule has 142 valence electrons. The average molecular weight is 358 g/mol. The van der Waals surface area contributed by atoms with Gasteiger partial charge in [0.15, 0.2) is 0 Å². The van der Waals surface area contributed by atoms with E-state index in [2.05, 4.69) is 28.4 Å². The minimum atomic E-state index is -0.622. The van der Waals surface area contributed by atoms with Gasteiger partial charge in [-0.2, -0.15) is 0 Å². The van der Waals surface area contributed by atoms with E-state index in [0.717, 1.165) is 77.2 Å². The fourth-order valence-corrected chi connectivity index (χ4v) is 5.03. The number of carboxylic acid groups (broad SMARTS) is 1. The van der Waals surface area contributed by atoms with Gasteiger partial charge >= 0.3 is 5.97 Å². The summed E-state index contributed by atoms with van der Waals surface area (Å²) >= 11 is 0. The van der Waals surface area contributed by atoms with E-state index in [0.29, 0.717) is 0 Å². The molecule has 0 bridgehead atoms. The molecule has 2 fully saturated rings. The molecule has 0 radical (unpaired) electrons. The van der Waals surface area contributed by atoms with E-state index in [1.165, 1.54) is 17.5 Å². The fraction of sp³-hybridized carbons (Fsp3) is 0.667. The second-order valence-electron chi connectivity index (χ2n) is 8.15. The van der Waals surface area contributed by atoms with E-state index in [1.54, 1.807) is 0 Å². The summed E-state index contributed by atoms with van der Waals surface area (Å²) in [5.74, 6) is 0.201. The molecule has 26 heavy (non-hydrogen) atoms. The van der Waals surface area contributed by atoms with E-state index in [9.17, 15) is 9.90 Å². The lowest BCUT2D eigenvalue weighted by atomic mass is 9.67. The van der Waals surface area contributed by atoms with Gasteiger partial charge < -0.3 is 15.2 Å². The molecule has 1 saturated carbocycles. The number of rotatable bonds is 5. The lowest BCUT2D eigenvalue weighted by molar-refractivity contribution is -0.143. The number of nitrogens with one attached hydrogen (secondary N) is 1. The van der Waals surface area contributed by atoms with Gasteiger partial charge in [0.05, 0.1) is 5.92 Å². The maximum absolute atomic E-state index is 11.3. The Balaban J connectivity index is 1.39. The molecule has 5 heteroatoms. The van der Waals surface area contributed by atoms with Crippen molar-refractivity contribution in [2.75, 3.05) is 39.3 Å². The molecule has 0 amide bonds. The molecule has 5 nitrogen and oxygen atoms in total. The van der Waals surface area contributed by atoms with Gasteiger partial charge in [-0.15, -0.1) is 0 Å². The van der Waals surface area contributed by atoms with Gasteiger partial charge in [0.25, 0.3) is 0 Å². The lowest BCUT2D eigenvalue weighted by Gasteiger charge is -2.37. The van der Waals surface area contributed by atoms with Crippen molar-refractivity contribution in [3.63, 3.8) is 0 Å². The predicted octanol–water partition coefficient (Wildman–Crippen LogP) is 2.43. The normalized spacial score (nSPS) is 28.8. The van der Waals surface area contributed by atoms with Gasteiger partial charge in [-0.05, 0) is 67.2 Å². The predicted molar refractivity (Wildman–Crippen MR) is 101 cm³/mol. The van der Waals surface area contributed by atoms with E-state index in [-0.39, 0.29) is 11.3 Å². The third-order valence-corrected chi connectivity index (χ3v) is 6.70. The summed E-state index contributed by atoms with van der Waals surface area (Å²) in [5.41, 5.74) is 3.06. The number of fused-ring (bicyclic) bond motifs is 2. The van der Waals surface area contributed by atoms with Gasteiger partial charge in [-0.25, -0.2) is 0 Å². The van der Waals surface area contributed by atoms with Crippen LogP contribution in [0.25, 0.3) is 0 Å². The second kappa shape index (κ2) is 7.57. The third kappa shape index (κ3) is 3.60. The molecule has 2 N–H and O–H groups in total. The number of ether oxygens (including phenoxy) is 1. The smallest absolute Gasteiger partial charge is 0.306 e. The molecule has 4 rings (SSSR count). The third-order valence-electron chi connectivity index (χ3n) is 6.70. The van der Waals surface area contributed by atoms with Crippen molar-refractivity contribution in [3.8, 4) is 5.75 Å². The van der Waals surface area contributed by atoms with Gasteiger partial charge in [0, 0.05) is 32.7 Å². The maximum atomic E-state index is 11.3. The Bertz CT molecular complexity index is 647. The number of benzene rings is 1. The first kappa shape index (κ1) is 17.8. The van der Waals surface area contributed by atoms with Crippen molar-refractivity contribution in [1.29, 1.82) is 0 Å². The summed E-state index contributed by atoms with van der Waals surface area (Å²) in [6.07, 6.45) is 5.90. The van der Waals surface area contributed by atoms with Gasteiger partial charge in [-0.1, -0.05) is 6.07 Å². The van der Waals surface area contributed by atoms with Crippen LogP contribution in [0, 0.1) is 5.92 Å². The van der Waals surface area contributed by atoms with Crippen molar-refractivity contribution in [2.45, 2.75) is 43.9 Å². The molecule has 0 unspecified atom stereocenters. The summed E-state index contributed by atoms with van der Waals surface area (Å²) in [4.78, 5) is 13.7. The van der Waals surface area contributed by atoms with Crippen LogP contribution < -0.4 is 10.1 Å². The number of aliphatic carboxylic acids is 1. The first-order chi connectivity index (χ1) is 12.7. The van der Waals surface area contributed by atoms with Crippen LogP contribution in [0.15, 0.2) is 18.2 Å². The van der Waals surface area contributed by atoms with Crippen LogP contribution >= 0.6 is 0 Å². The van der Waals surface area contributed by atoms with Crippen molar-refractivity contribution in [1.82, 2.24) is 10.2 Å². The van der Waals surface area contributed by atoms with Crippen molar-refractivity contribution in [2.24, 2.45) is 5.92 Å². The lowest BCUT2D eigenvalue weighted by Crippen LogP contribution is -2.44. The number of carbonyl (C=O) groups is 1. The monoisotopic (exact) mass is 358 g/mol. The quantitative estimate of drug-likeness (QED) is 0.846. The zero-order valence-electron chi connectivity index (χ0n) is 15.5. The Morgan fingerprint density at radius 1 is 1.23 bits per heavy atom. The average Bonchev–Trinajstić information content (AvgIpc) is 3.01. The molecule has 1 saturated heterocycles. The Kier molecular flexibility index (Phi) is 5.18. The summed E-state index contributed by atoms with van der Waals surface area (Å²) in [6, 6.07) is 6.59. The molecule has 0 aromatic heterocycles. The van der Waals surface area contributed by atoms with Crippen LogP contribution in [0.1, 0.15) is 43.2 Å². The van der Waals surface area contributed by atoms with Gasteiger partial charge in [0.2, 0.25) is 0 Å². The second-order valence-corrected chi connectivity index (χ2v) is 8.15. The first-order valence-corrected chi connectivity index (χ1v) is 10.1. The first-order valence-electron chi connectivity index (χ1n) is 10.1. The molecule has 1 aromatic carbocycles. The Hall–Kier alpha value is -1.59. The van der Waals surface area contributed by atoms with Crippen LogP contribution in [0.5, 0.6) is 5.75 Å². The highest BCUT2D eigenvalue weighted by molar-refractivity contribution is 5.70. The zero-order valence-corrected chi connectivity index (χ0v) is 15.5. The zero-order chi connectivity index (χ0) is 18.0. The molecule has 1 spiro atoms. The molecular weight excluding hydrogens is 328 g/mol. The highest BCUT2D eigenvalue weighted by atomic mass is 16.5. The minimum absolute atomic E-state index is 0.150. The Morgan fingerprint density at radius 2 is 2.00 bits per heavy atom. The van der Waals surface area contributed by atoms with Gasteiger partial charge in [0.1, 0.15) is 12.4 Å². The molecular formula is C21H30N2O3. The SMILES string of the molecule is O=C(O)C1CCC2(CCc3ccc(OCCN4CCNCC4)cc32)CC1. The summed E-state index contributed by atoms with van der Waals surface area (Å²) in [5, 5.41) is 12.7. The Labute approximate surface area is 155 Å². The number of carboxylic acids is 1. The molecule has 1 heterocycles.